The number of fused-ring (bicyclic) bond motifs is 3. The molecule has 1 N–H and O–H groups in total. The SMILES string of the molecule is C[C@H](NCC1C(=O)O[C@@H]2C[C@@]3(C)CCC[C@]4(CO4)C3C[C@H]12)c1ccccc1. The number of carbonyl (C=O) groups is 1. The molecular weight excluding hydrogens is 338 g/mol. The molecule has 4 nitrogen and oxygen atoms in total. The summed E-state index contributed by atoms with van der Waals surface area (Å²) in [4.78, 5) is 12.7. The molecule has 4 aliphatic rings. The van der Waals surface area contributed by atoms with Gasteiger partial charge in [0.25, 0.3) is 0 Å². The van der Waals surface area contributed by atoms with Crippen LogP contribution in [-0.4, -0.2) is 30.8 Å². The molecule has 0 amide bonds. The van der Waals surface area contributed by atoms with Crippen molar-refractivity contribution in [1.29, 1.82) is 0 Å². The zero-order valence-corrected chi connectivity index (χ0v) is 16.4. The van der Waals surface area contributed by atoms with Crippen LogP contribution < -0.4 is 5.32 Å². The van der Waals surface area contributed by atoms with E-state index < -0.39 is 0 Å². The molecular formula is C23H31NO3. The first-order valence-electron chi connectivity index (χ1n) is 10.6. The van der Waals surface area contributed by atoms with Crippen LogP contribution in [0.1, 0.15) is 57.6 Å². The van der Waals surface area contributed by atoms with E-state index in [-0.39, 0.29) is 35.0 Å². The maximum atomic E-state index is 12.7. The molecule has 0 bridgehead atoms. The maximum Gasteiger partial charge on any atom is 0.310 e. The smallest absolute Gasteiger partial charge is 0.310 e. The standard InChI is InChI=1S/C23H31NO3/c1-15(16-7-4-3-5-8-16)24-13-18-17-11-20-22(2,12-19(17)27-21(18)25)9-6-10-23(20)14-26-23/h3-5,7-8,15,17-20,24H,6,9-14H2,1-2H3/t15-,17+,18?,19+,20?,22+,23-/m0/s1. The van der Waals surface area contributed by atoms with Crippen LogP contribution in [0.25, 0.3) is 0 Å². The first kappa shape index (κ1) is 17.7. The van der Waals surface area contributed by atoms with E-state index >= 15 is 0 Å². The molecule has 2 heterocycles. The van der Waals surface area contributed by atoms with Gasteiger partial charge in [-0.2, -0.15) is 0 Å². The molecule has 2 saturated heterocycles. The third kappa shape index (κ3) is 2.92. The van der Waals surface area contributed by atoms with E-state index in [2.05, 4.69) is 43.4 Å². The van der Waals surface area contributed by atoms with Gasteiger partial charge in [0.05, 0.1) is 18.1 Å². The zero-order valence-electron chi connectivity index (χ0n) is 16.4. The van der Waals surface area contributed by atoms with Crippen molar-refractivity contribution in [2.24, 2.45) is 23.2 Å². The summed E-state index contributed by atoms with van der Waals surface area (Å²) in [5, 5.41) is 3.59. The Morgan fingerprint density at radius 1 is 1.26 bits per heavy atom. The number of benzene rings is 1. The van der Waals surface area contributed by atoms with E-state index in [1.54, 1.807) is 0 Å². The molecule has 2 aliphatic heterocycles. The number of hydrogen-bond donors (Lipinski definition) is 1. The largest absolute Gasteiger partial charge is 0.462 e. The van der Waals surface area contributed by atoms with E-state index in [1.807, 2.05) is 6.07 Å². The molecule has 0 aromatic heterocycles. The summed E-state index contributed by atoms with van der Waals surface area (Å²) in [6, 6.07) is 10.7. The van der Waals surface area contributed by atoms with E-state index in [4.69, 9.17) is 9.47 Å². The van der Waals surface area contributed by atoms with Crippen molar-refractivity contribution < 1.29 is 14.3 Å². The van der Waals surface area contributed by atoms with Crippen LogP contribution >= 0.6 is 0 Å². The first-order chi connectivity index (χ1) is 13.0. The van der Waals surface area contributed by atoms with Gasteiger partial charge in [0, 0.05) is 18.5 Å². The summed E-state index contributed by atoms with van der Waals surface area (Å²) >= 11 is 0. The highest BCUT2D eigenvalue weighted by molar-refractivity contribution is 5.75. The Balaban J connectivity index is 1.30. The topological polar surface area (TPSA) is 50.9 Å². The minimum absolute atomic E-state index is 0.00535. The molecule has 2 saturated carbocycles. The molecule has 1 spiro atoms. The van der Waals surface area contributed by atoms with Gasteiger partial charge in [0.2, 0.25) is 0 Å². The summed E-state index contributed by atoms with van der Waals surface area (Å²) in [5.74, 6) is 0.906. The number of hydrogen-bond acceptors (Lipinski definition) is 4. The van der Waals surface area contributed by atoms with Gasteiger partial charge in [-0.1, -0.05) is 37.3 Å². The van der Waals surface area contributed by atoms with Gasteiger partial charge >= 0.3 is 5.97 Å². The molecule has 4 heteroatoms. The number of epoxide rings is 1. The maximum absolute atomic E-state index is 12.7. The van der Waals surface area contributed by atoms with Crippen molar-refractivity contribution in [3.05, 3.63) is 35.9 Å². The predicted octanol–water partition coefficient (Wildman–Crippen LogP) is 3.86. The number of ether oxygens (including phenoxy) is 2. The van der Waals surface area contributed by atoms with E-state index in [0.29, 0.717) is 18.4 Å². The zero-order chi connectivity index (χ0) is 18.6. The van der Waals surface area contributed by atoms with Crippen LogP contribution in [0.3, 0.4) is 0 Å². The van der Waals surface area contributed by atoms with Crippen LogP contribution in [0.2, 0.25) is 0 Å². The second kappa shape index (κ2) is 6.31. The van der Waals surface area contributed by atoms with Gasteiger partial charge in [-0.3, -0.25) is 4.79 Å². The first-order valence-corrected chi connectivity index (χ1v) is 10.6. The molecule has 0 radical (unpaired) electrons. The van der Waals surface area contributed by atoms with E-state index in [9.17, 15) is 4.79 Å². The lowest BCUT2D eigenvalue weighted by molar-refractivity contribution is -0.147. The van der Waals surface area contributed by atoms with Crippen molar-refractivity contribution in [2.45, 2.75) is 63.7 Å². The molecule has 1 aromatic rings. The number of esters is 1. The average molecular weight is 370 g/mol. The van der Waals surface area contributed by atoms with E-state index in [0.717, 1.165) is 19.4 Å². The number of rotatable bonds is 4. The van der Waals surface area contributed by atoms with Crippen LogP contribution in [0, 0.1) is 23.2 Å². The Labute approximate surface area is 162 Å². The van der Waals surface area contributed by atoms with Crippen LogP contribution in [0.4, 0.5) is 0 Å². The summed E-state index contributed by atoms with van der Waals surface area (Å²) in [5.41, 5.74) is 1.66. The quantitative estimate of drug-likeness (QED) is 0.647. The fourth-order valence-electron chi connectivity index (χ4n) is 6.35. The Hall–Kier alpha value is -1.39. The molecule has 2 aliphatic carbocycles. The highest BCUT2D eigenvalue weighted by atomic mass is 16.6. The second-order valence-corrected chi connectivity index (χ2v) is 9.64. The highest BCUT2D eigenvalue weighted by Gasteiger charge is 2.64. The molecule has 2 unspecified atom stereocenters. The number of carbonyl (C=O) groups excluding carboxylic acids is 1. The number of nitrogens with one attached hydrogen (secondary N) is 1. The average Bonchev–Trinajstić information content (AvgIpc) is 3.36. The van der Waals surface area contributed by atoms with Crippen LogP contribution in [-0.2, 0) is 14.3 Å². The van der Waals surface area contributed by atoms with Gasteiger partial charge in [-0.15, -0.1) is 0 Å². The third-order valence-electron chi connectivity index (χ3n) is 8.02. The van der Waals surface area contributed by atoms with Crippen molar-refractivity contribution in [1.82, 2.24) is 5.32 Å². The molecule has 27 heavy (non-hydrogen) atoms. The Morgan fingerprint density at radius 3 is 2.78 bits per heavy atom. The minimum Gasteiger partial charge on any atom is -0.462 e. The van der Waals surface area contributed by atoms with Crippen molar-refractivity contribution in [3.63, 3.8) is 0 Å². The molecule has 146 valence electrons. The van der Waals surface area contributed by atoms with Gasteiger partial charge in [-0.25, -0.2) is 0 Å². The summed E-state index contributed by atoms with van der Waals surface area (Å²) in [6.07, 6.45) is 5.90. The second-order valence-electron chi connectivity index (χ2n) is 9.64. The van der Waals surface area contributed by atoms with Gasteiger partial charge < -0.3 is 14.8 Å². The Kier molecular flexibility index (Phi) is 4.14. The molecule has 1 aromatic carbocycles. The Morgan fingerprint density at radius 2 is 2.04 bits per heavy atom. The third-order valence-corrected chi connectivity index (χ3v) is 8.02. The fraction of sp³-hybridized carbons (Fsp3) is 0.696. The summed E-state index contributed by atoms with van der Waals surface area (Å²) in [6.45, 7) is 6.20. The van der Waals surface area contributed by atoms with Crippen molar-refractivity contribution >= 4 is 5.97 Å². The summed E-state index contributed by atoms with van der Waals surface area (Å²) in [7, 11) is 0. The van der Waals surface area contributed by atoms with Crippen LogP contribution in [0.15, 0.2) is 30.3 Å². The summed E-state index contributed by atoms with van der Waals surface area (Å²) < 4.78 is 11.9. The Bertz CT molecular complexity index is 716. The predicted molar refractivity (Wildman–Crippen MR) is 103 cm³/mol. The minimum atomic E-state index is -0.0246. The monoisotopic (exact) mass is 369 g/mol. The molecule has 5 rings (SSSR count). The fourth-order valence-corrected chi connectivity index (χ4v) is 6.35. The van der Waals surface area contributed by atoms with Crippen molar-refractivity contribution in [2.75, 3.05) is 13.2 Å². The van der Waals surface area contributed by atoms with Gasteiger partial charge in [-0.05, 0) is 55.9 Å². The molecule has 4 fully saturated rings. The van der Waals surface area contributed by atoms with Crippen molar-refractivity contribution in [3.8, 4) is 0 Å². The lowest BCUT2D eigenvalue weighted by Gasteiger charge is -2.51. The van der Waals surface area contributed by atoms with Gasteiger partial charge in [0.1, 0.15) is 6.10 Å². The van der Waals surface area contributed by atoms with Crippen LogP contribution in [0.5, 0.6) is 0 Å². The lowest BCUT2D eigenvalue weighted by Crippen LogP contribution is -2.51. The van der Waals surface area contributed by atoms with Gasteiger partial charge in [0.15, 0.2) is 0 Å². The molecule has 7 atom stereocenters. The normalized spacial score (nSPS) is 43.7. The highest BCUT2D eigenvalue weighted by Crippen LogP contribution is 2.62. The van der Waals surface area contributed by atoms with E-state index in [1.165, 1.54) is 24.8 Å². The lowest BCUT2D eigenvalue weighted by atomic mass is 9.53.